The Bertz CT molecular complexity index is 273. The van der Waals surface area contributed by atoms with E-state index in [1.807, 2.05) is 0 Å². The molecule has 1 rings (SSSR count). The molecule has 0 aromatic rings. The van der Waals surface area contributed by atoms with Gasteiger partial charge >= 0.3 is 6.18 Å². The van der Waals surface area contributed by atoms with Crippen LogP contribution in [0, 0.1) is 17.3 Å². The third kappa shape index (κ3) is 6.00. The van der Waals surface area contributed by atoms with E-state index in [-0.39, 0.29) is 12.5 Å². The maximum absolute atomic E-state index is 12.2. The molecule has 0 aromatic carbocycles. The van der Waals surface area contributed by atoms with Crippen LogP contribution in [0.4, 0.5) is 13.2 Å². The summed E-state index contributed by atoms with van der Waals surface area (Å²) in [5.74, 6) is 6.68. The van der Waals surface area contributed by atoms with Crippen molar-refractivity contribution in [3.63, 3.8) is 0 Å². The lowest BCUT2D eigenvalue weighted by Crippen LogP contribution is -2.43. The van der Waals surface area contributed by atoms with E-state index >= 15 is 0 Å². The quantitative estimate of drug-likeness (QED) is 0.582. The highest BCUT2D eigenvalue weighted by Gasteiger charge is 2.33. The Balaban J connectivity index is 2.37. The van der Waals surface area contributed by atoms with Crippen molar-refractivity contribution in [1.29, 1.82) is 0 Å². The van der Waals surface area contributed by atoms with Gasteiger partial charge in [-0.25, -0.2) is 0 Å². The number of hydrogen-bond acceptors (Lipinski definition) is 2. The van der Waals surface area contributed by atoms with E-state index in [0.717, 1.165) is 25.7 Å². The summed E-state index contributed by atoms with van der Waals surface area (Å²) in [7, 11) is 0. The van der Waals surface area contributed by atoms with Gasteiger partial charge in [0.25, 0.3) is 0 Å². The predicted molar refractivity (Wildman–Crippen MR) is 75.9 cm³/mol. The van der Waals surface area contributed by atoms with Gasteiger partial charge in [0, 0.05) is 12.5 Å². The zero-order chi connectivity index (χ0) is 15.4. The normalized spacial score (nSPS) is 26.6. The lowest BCUT2D eigenvalue weighted by molar-refractivity contribution is -0.136. The lowest BCUT2D eigenvalue weighted by Gasteiger charge is -2.39. The van der Waals surface area contributed by atoms with Crippen LogP contribution in [0.1, 0.15) is 65.7 Å². The van der Waals surface area contributed by atoms with E-state index in [1.54, 1.807) is 0 Å². The fraction of sp³-hybridized carbons (Fsp3) is 1.00. The molecule has 0 amide bonds. The largest absolute Gasteiger partial charge is 0.389 e. The highest BCUT2D eigenvalue weighted by molar-refractivity contribution is 4.85. The molecule has 3 N–H and O–H groups in total. The van der Waals surface area contributed by atoms with Gasteiger partial charge in [0.2, 0.25) is 0 Å². The molecular weight excluding hydrogens is 265 g/mol. The topological polar surface area (TPSA) is 38.0 Å². The monoisotopic (exact) mass is 294 g/mol. The molecule has 1 aliphatic rings. The summed E-state index contributed by atoms with van der Waals surface area (Å²) in [6.07, 6.45) is 0.382. The van der Waals surface area contributed by atoms with Crippen LogP contribution in [0.5, 0.6) is 0 Å². The maximum Gasteiger partial charge on any atom is 0.389 e. The van der Waals surface area contributed by atoms with Crippen molar-refractivity contribution >= 4 is 0 Å². The average Bonchev–Trinajstić information content (AvgIpc) is 2.32. The average molecular weight is 294 g/mol. The summed E-state index contributed by atoms with van der Waals surface area (Å²) in [6, 6.07) is 0.0262. The summed E-state index contributed by atoms with van der Waals surface area (Å²) in [6.45, 7) is 6.79. The zero-order valence-electron chi connectivity index (χ0n) is 12.9. The van der Waals surface area contributed by atoms with E-state index in [2.05, 4.69) is 26.2 Å². The second kappa shape index (κ2) is 7.12. The number of halogens is 3. The molecule has 0 aromatic heterocycles. The van der Waals surface area contributed by atoms with Crippen molar-refractivity contribution in [3.05, 3.63) is 0 Å². The molecule has 0 bridgehead atoms. The molecule has 0 radical (unpaired) electrons. The first-order chi connectivity index (χ1) is 9.13. The summed E-state index contributed by atoms with van der Waals surface area (Å²) < 4.78 is 36.5. The number of alkyl halides is 3. The molecule has 1 unspecified atom stereocenters. The van der Waals surface area contributed by atoms with Crippen LogP contribution in [-0.4, -0.2) is 12.2 Å². The molecule has 1 atom stereocenters. The summed E-state index contributed by atoms with van der Waals surface area (Å²) in [5, 5.41) is 0. The van der Waals surface area contributed by atoms with Crippen LogP contribution in [0.3, 0.4) is 0 Å². The number of nitrogens with two attached hydrogens (primary N) is 1. The molecular formula is C15H29F3N2. The lowest BCUT2D eigenvalue weighted by atomic mass is 9.68. The highest BCUT2D eigenvalue weighted by Crippen LogP contribution is 2.41. The number of hydrogen-bond donors (Lipinski definition) is 2. The Morgan fingerprint density at radius 1 is 1.10 bits per heavy atom. The third-order valence-corrected chi connectivity index (χ3v) is 4.76. The van der Waals surface area contributed by atoms with Crippen LogP contribution in [0.2, 0.25) is 0 Å². The van der Waals surface area contributed by atoms with Crippen LogP contribution in [-0.2, 0) is 0 Å². The fourth-order valence-corrected chi connectivity index (χ4v) is 3.37. The minimum absolute atomic E-state index is 0.0262. The molecule has 5 heteroatoms. The van der Waals surface area contributed by atoms with Gasteiger partial charge in [0.05, 0.1) is 0 Å². The highest BCUT2D eigenvalue weighted by atomic mass is 19.4. The molecule has 20 heavy (non-hydrogen) atoms. The molecule has 0 aliphatic heterocycles. The van der Waals surface area contributed by atoms with Crippen molar-refractivity contribution in [2.24, 2.45) is 23.1 Å². The van der Waals surface area contributed by atoms with Crippen molar-refractivity contribution in [1.82, 2.24) is 5.43 Å². The van der Waals surface area contributed by atoms with Gasteiger partial charge in [-0.1, -0.05) is 20.8 Å². The summed E-state index contributed by atoms with van der Waals surface area (Å²) >= 11 is 0. The van der Waals surface area contributed by atoms with E-state index in [0.29, 0.717) is 23.7 Å². The van der Waals surface area contributed by atoms with Gasteiger partial charge in [-0.15, -0.1) is 0 Å². The standard InChI is InChI=1S/C15H29F3N2/c1-14(2,3)12-8-6-11(7-9-12)13(20-19)5-4-10-15(16,17)18/h11-13,20H,4-10,19H2,1-3H3. The first kappa shape index (κ1) is 17.8. The maximum atomic E-state index is 12.2. The molecule has 120 valence electrons. The first-order valence-corrected chi connectivity index (χ1v) is 7.66. The molecule has 2 nitrogen and oxygen atoms in total. The van der Waals surface area contributed by atoms with Gasteiger partial charge in [-0.3, -0.25) is 11.3 Å². The van der Waals surface area contributed by atoms with E-state index < -0.39 is 12.6 Å². The molecule has 0 spiro atoms. The Labute approximate surface area is 120 Å². The summed E-state index contributed by atoms with van der Waals surface area (Å²) in [4.78, 5) is 0. The zero-order valence-corrected chi connectivity index (χ0v) is 12.9. The van der Waals surface area contributed by atoms with Crippen LogP contribution < -0.4 is 11.3 Å². The van der Waals surface area contributed by atoms with Crippen molar-refractivity contribution in [3.8, 4) is 0 Å². The van der Waals surface area contributed by atoms with E-state index in [1.165, 1.54) is 0 Å². The fourth-order valence-electron chi connectivity index (χ4n) is 3.37. The van der Waals surface area contributed by atoms with Crippen LogP contribution in [0.15, 0.2) is 0 Å². The Kier molecular flexibility index (Phi) is 6.32. The minimum Gasteiger partial charge on any atom is -0.271 e. The van der Waals surface area contributed by atoms with Crippen LogP contribution in [0.25, 0.3) is 0 Å². The van der Waals surface area contributed by atoms with Gasteiger partial charge in [0.1, 0.15) is 0 Å². The smallest absolute Gasteiger partial charge is 0.271 e. The minimum atomic E-state index is -4.05. The van der Waals surface area contributed by atoms with Crippen LogP contribution >= 0.6 is 0 Å². The SMILES string of the molecule is CC(C)(C)C1CCC(C(CCCC(F)(F)F)NN)CC1. The first-order valence-electron chi connectivity index (χ1n) is 7.66. The molecule has 0 heterocycles. The second-order valence-electron chi connectivity index (χ2n) is 7.26. The van der Waals surface area contributed by atoms with Gasteiger partial charge in [-0.05, 0) is 55.8 Å². The van der Waals surface area contributed by atoms with Gasteiger partial charge in [0.15, 0.2) is 0 Å². The third-order valence-electron chi connectivity index (χ3n) is 4.76. The Hall–Kier alpha value is -0.290. The molecule has 1 saturated carbocycles. The van der Waals surface area contributed by atoms with Gasteiger partial charge < -0.3 is 0 Å². The number of rotatable bonds is 5. The second-order valence-corrected chi connectivity index (χ2v) is 7.26. The Morgan fingerprint density at radius 3 is 2.05 bits per heavy atom. The molecule has 0 saturated heterocycles. The van der Waals surface area contributed by atoms with E-state index in [4.69, 9.17) is 5.84 Å². The van der Waals surface area contributed by atoms with Gasteiger partial charge in [-0.2, -0.15) is 13.2 Å². The van der Waals surface area contributed by atoms with Crippen molar-refractivity contribution in [2.75, 3.05) is 0 Å². The number of nitrogens with one attached hydrogen (secondary N) is 1. The summed E-state index contributed by atoms with van der Waals surface area (Å²) in [5.41, 5.74) is 3.07. The molecule has 1 fully saturated rings. The number of hydrazine groups is 1. The van der Waals surface area contributed by atoms with Crippen molar-refractivity contribution < 1.29 is 13.2 Å². The Morgan fingerprint density at radius 2 is 1.65 bits per heavy atom. The van der Waals surface area contributed by atoms with Crippen molar-refractivity contribution in [2.45, 2.75) is 77.9 Å². The molecule has 1 aliphatic carbocycles. The van der Waals surface area contributed by atoms with E-state index in [9.17, 15) is 13.2 Å². The predicted octanol–water partition coefficient (Wildman–Crippen LogP) is 4.40.